The number of carbonyl (C=O) groups excluding carboxylic acids is 5. The number of unbranched alkanes of at least 4 members (excludes halogenated alkanes) is 2. The van der Waals surface area contributed by atoms with E-state index in [-0.39, 0.29) is 37.0 Å². The molecule has 2 aromatic rings. The maximum absolute atomic E-state index is 13.6. The first-order valence-electron chi connectivity index (χ1n) is 14.1. The van der Waals surface area contributed by atoms with Crippen LogP contribution in [-0.2, 0) is 30.4 Å². The number of primary amides is 1. The summed E-state index contributed by atoms with van der Waals surface area (Å²) in [4.78, 5) is 67.2. The number of amides is 5. The van der Waals surface area contributed by atoms with Gasteiger partial charge in [0, 0.05) is 42.4 Å². The molecule has 0 radical (unpaired) electrons. The van der Waals surface area contributed by atoms with Gasteiger partial charge in [0.15, 0.2) is 0 Å². The van der Waals surface area contributed by atoms with Gasteiger partial charge in [0.25, 0.3) is 0 Å². The third-order valence-electron chi connectivity index (χ3n) is 7.09. The summed E-state index contributed by atoms with van der Waals surface area (Å²) >= 11 is 0. The normalized spacial score (nSPS) is 22.9. The van der Waals surface area contributed by atoms with Gasteiger partial charge in [-0.25, -0.2) is 0 Å². The molecule has 1 aliphatic rings. The quantitative estimate of drug-likeness (QED) is 0.244. The molecular formula is C29H42N6O5. The highest BCUT2D eigenvalue weighted by molar-refractivity contribution is 5.95. The summed E-state index contributed by atoms with van der Waals surface area (Å²) in [7, 11) is 0. The first kappa shape index (κ1) is 30.6. The fourth-order valence-corrected chi connectivity index (χ4v) is 5.05. The number of nitrogens with one attached hydrogen (secondary N) is 5. The molecule has 5 amide bonds. The van der Waals surface area contributed by atoms with Crippen molar-refractivity contribution in [3.05, 3.63) is 36.0 Å². The molecule has 1 saturated heterocycles. The monoisotopic (exact) mass is 554 g/mol. The molecule has 0 bridgehead atoms. The van der Waals surface area contributed by atoms with Crippen LogP contribution in [0.3, 0.4) is 0 Å². The van der Waals surface area contributed by atoms with Crippen LogP contribution in [0, 0.1) is 5.92 Å². The zero-order valence-electron chi connectivity index (χ0n) is 23.5. The lowest BCUT2D eigenvalue weighted by Gasteiger charge is -2.25. The van der Waals surface area contributed by atoms with Crippen molar-refractivity contribution in [2.24, 2.45) is 11.7 Å². The summed E-state index contributed by atoms with van der Waals surface area (Å²) in [5.41, 5.74) is 6.99. The van der Waals surface area contributed by atoms with Crippen LogP contribution in [0.25, 0.3) is 10.9 Å². The number of nitrogens with two attached hydrogens (primary N) is 1. The van der Waals surface area contributed by atoms with Crippen LogP contribution in [0.1, 0.15) is 71.3 Å². The molecule has 3 rings (SSSR count). The molecule has 7 N–H and O–H groups in total. The molecule has 0 aliphatic carbocycles. The van der Waals surface area contributed by atoms with Gasteiger partial charge in [-0.05, 0) is 43.7 Å². The molecule has 1 aromatic heterocycles. The standard InChI is InChI=1S/C29H42N6O5/c1-17(2)13-20-15-26(37)32-18(3)27(38)34-23(11-5-4-6-12-25(30)36)28(39)35-24(29(40)33-20)14-19-16-31-22-10-8-7-9-21(19)22/h7-10,16-18,20,23-24,31H,4-6,11-15H2,1-3H3,(H2,30,36)(H,32,37)(H,33,40)(H,34,38)(H,35,39)/t18-,20-,23-,24-/m0/s1. The van der Waals surface area contributed by atoms with Gasteiger partial charge in [0.05, 0.1) is 0 Å². The Labute approximate surface area is 234 Å². The van der Waals surface area contributed by atoms with Crippen LogP contribution < -0.4 is 27.0 Å². The Balaban J connectivity index is 1.88. The minimum absolute atomic E-state index is 0.0125. The van der Waals surface area contributed by atoms with Gasteiger partial charge < -0.3 is 32.0 Å². The van der Waals surface area contributed by atoms with Crippen molar-refractivity contribution >= 4 is 40.4 Å². The molecule has 1 aliphatic heterocycles. The lowest BCUT2D eigenvalue weighted by atomic mass is 9.98. The lowest BCUT2D eigenvalue weighted by Crippen LogP contribution is -2.56. The van der Waals surface area contributed by atoms with Crippen molar-refractivity contribution in [1.82, 2.24) is 26.3 Å². The second-order valence-electron chi connectivity index (χ2n) is 11.1. The van der Waals surface area contributed by atoms with E-state index in [4.69, 9.17) is 5.73 Å². The van der Waals surface area contributed by atoms with Gasteiger partial charge in [-0.15, -0.1) is 0 Å². The van der Waals surface area contributed by atoms with Gasteiger partial charge in [-0.2, -0.15) is 0 Å². The van der Waals surface area contributed by atoms with Crippen molar-refractivity contribution < 1.29 is 24.0 Å². The third kappa shape index (κ3) is 9.10. The summed E-state index contributed by atoms with van der Waals surface area (Å²) in [5, 5.41) is 12.2. The first-order chi connectivity index (χ1) is 19.0. The summed E-state index contributed by atoms with van der Waals surface area (Å²) in [5.74, 6) is -1.91. The summed E-state index contributed by atoms with van der Waals surface area (Å²) in [6.07, 6.45) is 4.94. The fourth-order valence-electron chi connectivity index (χ4n) is 5.05. The molecule has 40 heavy (non-hydrogen) atoms. The van der Waals surface area contributed by atoms with Gasteiger partial charge >= 0.3 is 0 Å². The maximum Gasteiger partial charge on any atom is 0.243 e. The highest BCUT2D eigenvalue weighted by Gasteiger charge is 2.31. The average Bonchev–Trinajstić information content (AvgIpc) is 3.28. The highest BCUT2D eigenvalue weighted by atomic mass is 16.2. The predicted octanol–water partition coefficient (Wildman–Crippen LogP) is 1.56. The van der Waals surface area contributed by atoms with Crippen LogP contribution >= 0.6 is 0 Å². The van der Waals surface area contributed by atoms with E-state index in [1.807, 2.05) is 44.3 Å². The predicted molar refractivity (Wildman–Crippen MR) is 152 cm³/mol. The minimum Gasteiger partial charge on any atom is -0.370 e. The average molecular weight is 555 g/mol. The number of benzene rings is 1. The van der Waals surface area contributed by atoms with E-state index in [1.165, 1.54) is 0 Å². The van der Waals surface area contributed by atoms with E-state index < -0.39 is 41.9 Å². The second kappa shape index (κ2) is 14.5. The van der Waals surface area contributed by atoms with Crippen molar-refractivity contribution in [2.45, 2.75) is 96.3 Å². The Kier molecular flexibility index (Phi) is 11.1. The Morgan fingerprint density at radius 1 is 0.925 bits per heavy atom. The molecule has 1 fully saturated rings. The van der Waals surface area contributed by atoms with E-state index in [9.17, 15) is 24.0 Å². The maximum atomic E-state index is 13.6. The third-order valence-corrected chi connectivity index (χ3v) is 7.09. The van der Waals surface area contributed by atoms with E-state index in [2.05, 4.69) is 26.3 Å². The van der Waals surface area contributed by atoms with Crippen molar-refractivity contribution in [2.75, 3.05) is 0 Å². The molecule has 0 spiro atoms. The molecule has 218 valence electrons. The van der Waals surface area contributed by atoms with E-state index in [0.717, 1.165) is 16.5 Å². The topological polar surface area (TPSA) is 175 Å². The molecule has 2 heterocycles. The second-order valence-corrected chi connectivity index (χ2v) is 11.1. The lowest BCUT2D eigenvalue weighted by molar-refractivity contribution is -0.133. The van der Waals surface area contributed by atoms with Gasteiger partial charge in [-0.1, -0.05) is 44.9 Å². The molecule has 11 heteroatoms. The smallest absolute Gasteiger partial charge is 0.243 e. The van der Waals surface area contributed by atoms with Crippen LogP contribution in [0.5, 0.6) is 0 Å². The van der Waals surface area contributed by atoms with Crippen molar-refractivity contribution in [3.63, 3.8) is 0 Å². The fraction of sp³-hybridized carbons (Fsp3) is 0.552. The zero-order valence-corrected chi connectivity index (χ0v) is 23.5. The summed E-state index contributed by atoms with van der Waals surface area (Å²) in [6.45, 7) is 5.56. The van der Waals surface area contributed by atoms with E-state index in [0.29, 0.717) is 32.1 Å². The minimum atomic E-state index is -0.933. The van der Waals surface area contributed by atoms with Crippen LogP contribution in [-0.4, -0.2) is 58.7 Å². The van der Waals surface area contributed by atoms with Gasteiger partial charge in [0.2, 0.25) is 29.5 Å². The molecule has 0 unspecified atom stereocenters. The van der Waals surface area contributed by atoms with E-state index >= 15 is 0 Å². The number of rotatable bonds is 10. The van der Waals surface area contributed by atoms with Gasteiger partial charge in [-0.3, -0.25) is 24.0 Å². The Morgan fingerprint density at radius 2 is 1.62 bits per heavy atom. The number of hydrogen-bond donors (Lipinski definition) is 6. The number of aromatic amines is 1. The molecule has 1 aromatic carbocycles. The van der Waals surface area contributed by atoms with Gasteiger partial charge in [0.1, 0.15) is 18.1 Å². The summed E-state index contributed by atoms with van der Waals surface area (Å²) < 4.78 is 0. The van der Waals surface area contributed by atoms with E-state index in [1.54, 1.807) is 6.92 Å². The Bertz CT molecular complexity index is 1210. The highest BCUT2D eigenvalue weighted by Crippen LogP contribution is 2.20. The molecular weight excluding hydrogens is 512 g/mol. The zero-order chi connectivity index (χ0) is 29.2. The van der Waals surface area contributed by atoms with Crippen LogP contribution in [0.15, 0.2) is 30.5 Å². The Morgan fingerprint density at radius 3 is 2.35 bits per heavy atom. The van der Waals surface area contributed by atoms with Crippen LogP contribution in [0.4, 0.5) is 0 Å². The largest absolute Gasteiger partial charge is 0.370 e. The Hall–Kier alpha value is -3.89. The molecule has 4 atom stereocenters. The number of hydrogen-bond acceptors (Lipinski definition) is 5. The number of para-hydroxylation sites is 1. The van der Waals surface area contributed by atoms with Crippen molar-refractivity contribution in [1.29, 1.82) is 0 Å². The number of H-pyrrole nitrogens is 1. The van der Waals surface area contributed by atoms with Crippen LogP contribution in [0.2, 0.25) is 0 Å². The number of aromatic nitrogens is 1. The first-order valence-corrected chi connectivity index (χ1v) is 14.1. The van der Waals surface area contributed by atoms with Crippen molar-refractivity contribution in [3.8, 4) is 0 Å². The number of fused-ring (bicyclic) bond motifs is 1. The molecule has 0 saturated carbocycles. The number of carbonyl (C=O) groups is 5. The molecule has 11 nitrogen and oxygen atoms in total. The SMILES string of the molecule is CC(C)C[C@H]1CC(=O)N[C@@H](C)C(=O)N[C@@H](CCCCCC(N)=O)C(=O)N[C@@H](Cc2c[nH]c3ccccc23)C(=O)N1. The summed E-state index contributed by atoms with van der Waals surface area (Å²) in [6, 6.07) is 4.51.